The molecule has 0 aliphatic carbocycles. The molecule has 1 fully saturated rings. The molecule has 1 saturated heterocycles. The zero-order chi connectivity index (χ0) is 20.4. The lowest BCUT2D eigenvalue weighted by molar-refractivity contribution is 0.125. The van der Waals surface area contributed by atoms with Crippen molar-refractivity contribution in [3.8, 4) is 5.88 Å². The molecule has 0 N–H and O–H groups in total. The molecule has 0 radical (unpaired) electrons. The fourth-order valence-corrected chi connectivity index (χ4v) is 5.11. The Bertz CT molecular complexity index is 1120. The molecule has 152 valence electrons. The van der Waals surface area contributed by atoms with E-state index in [-0.39, 0.29) is 6.10 Å². The fourth-order valence-electron chi connectivity index (χ4n) is 3.56. The molecule has 1 aliphatic heterocycles. The minimum absolute atomic E-state index is 0.269. The largest absolute Gasteiger partial charge is 0.470 e. The van der Waals surface area contributed by atoms with E-state index < -0.39 is 10.0 Å². The second-order valence-corrected chi connectivity index (χ2v) is 9.27. The van der Waals surface area contributed by atoms with Gasteiger partial charge in [-0.05, 0) is 35.7 Å². The molecule has 2 aromatic carbocycles. The average molecular weight is 413 g/mol. The van der Waals surface area contributed by atoms with Gasteiger partial charge in [0.05, 0.1) is 11.4 Å². The van der Waals surface area contributed by atoms with E-state index in [0.29, 0.717) is 29.7 Å². The van der Waals surface area contributed by atoms with Crippen LogP contribution in [0.4, 0.5) is 5.82 Å². The third-order valence-corrected chi connectivity index (χ3v) is 6.91. The molecule has 0 spiro atoms. The first-order chi connectivity index (χ1) is 13.9. The maximum atomic E-state index is 13.2. The van der Waals surface area contributed by atoms with Crippen LogP contribution in [0, 0.1) is 0 Å². The van der Waals surface area contributed by atoms with Crippen LogP contribution in [0.5, 0.6) is 5.88 Å². The quantitative estimate of drug-likeness (QED) is 0.641. The van der Waals surface area contributed by atoms with Crippen molar-refractivity contribution in [1.82, 2.24) is 14.3 Å². The Morgan fingerprint density at radius 2 is 1.83 bits per heavy atom. The summed E-state index contributed by atoms with van der Waals surface area (Å²) in [6.07, 6.45) is 4.42. The number of ether oxygens (including phenoxy) is 1. The topological polar surface area (TPSA) is 75.6 Å². The molecule has 0 bridgehead atoms. The van der Waals surface area contributed by atoms with Crippen LogP contribution in [0.1, 0.15) is 12.8 Å². The fraction of sp³-hybridized carbons (Fsp3) is 0.333. The molecule has 29 heavy (non-hydrogen) atoms. The number of hydrogen-bond acceptors (Lipinski definition) is 6. The highest BCUT2D eigenvalue weighted by molar-refractivity contribution is 7.89. The number of benzene rings is 2. The van der Waals surface area contributed by atoms with E-state index in [9.17, 15) is 8.42 Å². The number of rotatable bonds is 5. The molecule has 2 heterocycles. The third-order valence-electron chi connectivity index (χ3n) is 5.05. The van der Waals surface area contributed by atoms with Crippen molar-refractivity contribution < 1.29 is 13.2 Å². The van der Waals surface area contributed by atoms with Crippen molar-refractivity contribution in [2.75, 3.05) is 32.1 Å². The van der Waals surface area contributed by atoms with Crippen LogP contribution in [-0.4, -0.2) is 56.0 Å². The maximum absolute atomic E-state index is 13.2. The van der Waals surface area contributed by atoms with Gasteiger partial charge >= 0.3 is 0 Å². The van der Waals surface area contributed by atoms with Crippen LogP contribution < -0.4 is 9.64 Å². The zero-order valence-electron chi connectivity index (χ0n) is 16.5. The van der Waals surface area contributed by atoms with Gasteiger partial charge in [0.1, 0.15) is 6.10 Å². The van der Waals surface area contributed by atoms with Crippen molar-refractivity contribution in [3.63, 3.8) is 0 Å². The van der Waals surface area contributed by atoms with Gasteiger partial charge in [-0.15, -0.1) is 0 Å². The lowest BCUT2D eigenvalue weighted by Crippen LogP contribution is -2.44. The molecular formula is C21H24N4O3S. The maximum Gasteiger partial charge on any atom is 0.257 e. The summed E-state index contributed by atoms with van der Waals surface area (Å²) in [5.41, 5.74) is 0. The summed E-state index contributed by atoms with van der Waals surface area (Å²) >= 11 is 0. The van der Waals surface area contributed by atoms with Gasteiger partial charge in [-0.1, -0.05) is 30.3 Å². The summed E-state index contributed by atoms with van der Waals surface area (Å²) < 4.78 is 34.0. The van der Waals surface area contributed by atoms with Crippen molar-refractivity contribution >= 4 is 26.6 Å². The van der Waals surface area contributed by atoms with Gasteiger partial charge in [-0.2, -0.15) is 4.31 Å². The summed E-state index contributed by atoms with van der Waals surface area (Å²) in [5, 5.41) is 1.93. The number of piperidine rings is 1. The smallest absolute Gasteiger partial charge is 0.257 e. The molecule has 0 amide bonds. The van der Waals surface area contributed by atoms with E-state index >= 15 is 0 Å². The lowest BCUT2D eigenvalue weighted by atomic mass is 10.1. The van der Waals surface area contributed by atoms with Crippen molar-refractivity contribution in [2.24, 2.45) is 0 Å². The van der Waals surface area contributed by atoms with Gasteiger partial charge in [0.25, 0.3) is 5.88 Å². The Morgan fingerprint density at radius 1 is 1.07 bits per heavy atom. The highest BCUT2D eigenvalue weighted by Gasteiger charge is 2.32. The predicted octanol–water partition coefficient (Wildman–Crippen LogP) is 2.93. The Kier molecular flexibility index (Phi) is 5.38. The van der Waals surface area contributed by atoms with Crippen LogP contribution in [0.25, 0.3) is 10.8 Å². The minimum atomic E-state index is -3.60. The van der Waals surface area contributed by atoms with E-state index in [4.69, 9.17) is 4.74 Å². The van der Waals surface area contributed by atoms with Crippen molar-refractivity contribution in [3.05, 3.63) is 54.9 Å². The second kappa shape index (κ2) is 7.96. The number of fused-ring (bicyclic) bond motifs is 1. The highest BCUT2D eigenvalue weighted by atomic mass is 32.2. The van der Waals surface area contributed by atoms with Crippen LogP contribution >= 0.6 is 0 Å². The zero-order valence-corrected chi connectivity index (χ0v) is 17.3. The molecule has 1 unspecified atom stereocenters. The second-order valence-electron chi connectivity index (χ2n) is 7.33. The van der Waals surface area contributed by atoms with E-state index in [1.165, 1.54) is 4.31 Å². The van der Waals surface area contributed by atoms with E-state index in [2.05, 4.69) is 9.97 Å². The number of sulfonamides is 1. The van der Waals surface area contributed by atoms with Crippen LogP contribution in [0.15, 0.2) is 59.8 Å². The summed E-state index contributed by atoms with van der Waals surface area (Å²) in [6, 6.07) is 13.0. The standard InChI is InChI=1S/C21H24N4O3S/c1-24(2)20-21(23-12-11-22-20)28-18-8-5-13-25(15-18)29(26,27)19-10-9-16-6-3-4-7-17(16)14-19/h3-4,6-7,9-12,14,18H,5,8,13,15H2,1-2H3. The molecule has 3 aromatic rings. The monoisotopic (exact) mass is 412 g/mol. The molecule has 8 heteroatoms. The predicted molar refractivity (Wildman–Crippen MR) is 113 cm³/mol. The minimum Gasteiger partial charge on any atom is -0.470 e. The van der Waals surface area contributed by atoms with E-state index in [0.717, 1.165) is 23.6 Å². The number of anilines is 1. The van der Waals surface area contributed by atoms with E-state index in [1.54, 1.807) is 24.5 Å². The molecular weight excluding hydrogens is 388 g/mol. The highest BCUT2D eigenvalue weighted by Crippen LogP contribution is 2.27. The third kappa shape index (κ3) is 4.04. The van der Waals surface area contributed by atoms with Gasteiger partial charge < -0.3 is 9.64 Å². The Balaban J connectivity index is 1.56. The van der Waals surface area contributed by atoms with Gasteiger partial charge in [-0.3, -0.25) is 0 Å². The number of nitrogens with zero attached hydrogens (tertiary/aromatic N) is 4. The van der Waals surface area contributed by atoms with Crippen molar-refractivity contribution in [2.45, 2.75) is 23.8 Å². The van der Waals surface area contributed by atoms with Crippen LogP contribution in [0.3, 0.4) is 0 Å². The van der Waals surface area contributed by atoms with Crippen LogP contribution in [0.2, 0.25) is 0 Å². The first kappa shape index (κ1) is 19.6. The first-order valence-electron chi connectivity index (χ1n) is 9.59. The summed E-state index contributed by atoms with van der Waals surface area (Å²) in [5.74, 6) is 1.05. The SMILES string of the molecule is CN(C)c1nccnc1OC1CCCN(S(=O)(=O)c2ccc3ccccc3c2)C1. The van der Waals surface area contributed by atoms with Crippen molar-refractivity contribution in [1.29, 1.82) is 0 Å². The summed E-state index contributed by atoms with van der Waals surface area (Å²) in [7, 11) is 0.140. The lowest BCUT2D eigenvalue weighted by Gasteiger charge is -2.32. The Hall–Kier alpha value is -2.71. The molecule has 1 atom stereocenters. The van der Waals surface area contributed by atoms with Crippen LogP contribution in [-0.2, 0) is 10.0 Å². The normalized spacial score (nSPS) is 17.9. The van der Waals surface area contributed by atoms with Gasteiger partial charge in [0.15, 0.2) is 5.82 Å². The van der Waals surface area contributed by atoms with Gasteiger partial charge in [0.2, 0.25) is 10.0 Å². The van der Waals surface area contributed by atoms with E-state index in [1.807, 2.05) is 49.3 Å². The summed E-state index contributed by atoms with van der Waals surface area (Å²) in [4.78, 5) is 10.7. The first-order valence-corrected chi connectivity index (χ1v) is 11.0. The van der Waals surface area contributed by atoms with Gasteiger partial charge in [-0.25, -0.2) is 18.4 Å². The molecule has 0 saturated carbocycles. The average Bonchev–Trinajstić information content (AvgIpc) is 2.74. The summed E-state index contributed by atoms with van der Waals surface area (Å²) in [6.45, 7) is 0.772. The molecule has 7 nitrogen and oxygen atoms in total. The molecule has 1 aliphatic rings. The number of aromatic nitrogens is 2. The number of hydrogen-bond donors (Lipinski definition) is 0. The Labute approximate surface area is 171 Å². The molecule has 1 aromatic heterocycles. The Morgan fingerprint density at radius 3 is 2.62 bits per heavy atom. The molecule has 4 rings (SSSR count). The van der Waals surface area contributed by atoms with Gasteiger partial charge in [0, 0.05) is 33.0 Å².